The summed E-state index contributed by atoms with van der Waals surface area (Å²) in [5.74, 6) is -0.586. The molecule has 2 unspecified atom stereocenters. The van der Waals surface area contributed by atoms with Crippen molar-refractivity contribution >= 4 is 11.7 Å². The summed E-state index contributed by atoms with van der Waals surface area (Å²) in [6.45, 7) is 3.22. The van der Waals surface area contributed by atoms with Crippen LogP contribution in [0.1, 0.15) is 24.4 Å². The lowest BCUT2D eigenvalue weighted by molar-refractivity contribution is 0.139. The lowest BCUT2D eigenvalue weighted by Crippen LogP contribution is -2.39. The highest BCUT2D eigenvalue weighted by Crippen LogP contribution is 2.20. The Morgan fingerprint density at radius 3 is 2.54 bits per heavy atom. The maximum absolute atomic E-state index is 14.1. The number of nitrogens with one attached hydrogen (secondary N) is 2. The lowest BCUT2D eigenvalue weighted by atomic mass is 10.0. The molecule has 0 bridgehead atoms. The van der Waals surface area contributed by atoms with E-state index in [4.69, 9.17) is 0 Å². The zero-order chi connectivity index (χ0) is 20.3. The number of carbonyl (C=O) groups excluding carboxylic acids is 1. The van der Waals surface area contributed by atoms with E-state index in [1.54, 1.807) is 13.8 Å². The number of hydrogen-bond acceptors (Lipinski definition) is 5. The number of rotatable bonds is 5. The number of urea groups is 1. The average Bonchev–Trinajstić information content (AvgIpc) is 3.09. The molecule has 0 saturated heterocycles. The third kappa shape index (κ3) is 4.29. The van der Waals surface area contributed by atoms with E-state index in [2.05, 4.69) is 26.2 Å². The van der Waals surface area contributed by atoms with Crippen LogP contribution in [0.3, 0.4) is 0 Å². The molecular formula is C18H18F2N6O2. The Hall–Kier alpha value is -3.40. The van der Waals surface area contributed by atoms with Crippen LogP contribution in [0.4, 0.5) is 19.3 Å². The first-order valence-corrected chi connectivity index (χ1v) is 8.41. The van der Waals surface area contributed by atoms with Crippen molar-refractivity contribution in [2.75, 3.05) is 5.32 Å². The van der Waals surface area contributed by atoms with Crippen LogP contribution in [0, 0.1) is 18.6 Å². The molecule has 2 amide bonds. The molecule has 3 aromatic rings. The van der Waals surface area contributed by atoms with E-state index < -0.39 is 29.8 Å². The molecule has 3 rings (SSSR count). The Labute approximate surface area is 159 Å². The fourth-order valence-corrected chi connectivity index (χ4v) is 2.61. The SMILES string of the molecule is Cc1nnnn1-c1cc(NC(=O)NC(C)C(O)c2ccc(F)cc2)ccc1F. The van der Waals surface area contributed by atoms with Crippen LogP contribution in [0.2, 0.25) is 0 Å². The van der Waals surface area contributed by atoms with Gasteiger partial charge in [0.15, 0.2) is 5.82 Å². The molecule has 0 saturated carbocycles. The molecular weight excluding hydrogens is 370 g/mol. The predicted molar refractivity (Wildman–Crippen MR) is 96.8 cm³/mol. The number of carbonyl (C=O) groups is 1. The van der Waals surface area contributed by atoms with E-state index in [0.29, 0.717) is 17.1 Å². The van der Waals surface area contributed by atoms with Gasteiger partial charge in [0.2, 0.25) is 0 Å². The quantitative estimate of drug-likeness (QED) is 0.623. The van der Waals surface area contributed by atoms with E-state index in [-0.39, 0.29) is 5.69 Å². The number of amides is 2. The fourth-order valence-electron chi connectivity index (χ4n) is 2.61. The van der Waals surface area contributed by atoms with E-state index in [9.17, 15) is 18.7 Å². The van der Waals surface area contributed by atoms with Crippen LogP contribution in [-0.4, -0.2) is 37.4 Å². The van der Waals surface area contributed by atoms with Crippen molar-refractivity contribution in [2.24, 2.45) is 0 Å². The first-order chi connectivity index (χ1) is 13.3. The molecule has 0 aliphatic carbocycles. The fraction of sp³-hybridized carbons (Fsp3) is 0.222. The predicted octanol–water partition coefficient (Wildman–Crippen LogP) is 2.49. The number of aliphatic hydroxyl groups is 1. The topological polar surface area (TPSA) is 105 Å². The second-order valence-electron chi connectivity index (χ2n) is 6.19. The normalized spacial score (nSPS) is 13.0. The average molecular weight is 388 g/mol. The summed E-state index contributed by atoms with van der Waals surface area (Å²) in [7, 11) is 0. The molecule has 1 aromatic heterocycles. The number of anilines is 1. The van der Waals surface area contributed by atoms with Gasteiger partial charge >= 0.3 is 6.03 Å². The van der Waals surface area contributed by atoms with Crippen LogP contribution in [-0.2, 0) is 0 Å². The van der Waals surface area contributed by atoms with Gasteiger partial charge in [0.1, 0.15) is 17.3 Å². The van der Waals surface area contributed by atoms with Crippen LogP contribution >= 0.6 is 0 Å². The second kappa shape index (κ2) is 8.09. The van der Waals surface area contributed by atoms with E-state index in [1.165, 1.54) is 47.1 Å². The van der Waals surface area contributed by atoms with Crippen molar-refractivity contribution in [3.63, 3.8) is 0 Å². The van der Waals surface area contributed by atoms with Crippen molar-refractivity contribution in [1.82, 2.24) is 25.5 Å². The minimum Gasteiger partial charge on any atom is -0.386 e. The smallest absolute Gasteiger partial charge is 0.319 e. The maximum Gasteiger partial charge on any atom is 0.319 e. The minimum absolute atomic E-state index is 0.0831. The number of tetrazole rings is 1. The molecule has 2 aromatic carbocycles. The summed E-state index contributed by atoms with van der Waals surface area (Å²) >= 11 is 0. The summed E-state index contributed by atoms with van der Waals surface area (Å²) in [5, 5.41) is 26.3. The van der Waals surface area contributed by atoms with Gasteiger partial charge in [-0.3, -0.25) is 0 Å². The summed E-state index contributed by atoms with van der Waals surface area (Å²) in [6.07, 6.45) is -1.03. The molecule has 2 atom stereocenters. The second-order valence-corrected chi connectivity index (χ2v) is 6.19. The number of nitrogens with zero attached hydrogens (tertiary/aromatic N) is 4. The summed E-state index contributed by atoms with van der Waals surface area (Å²) in [5.41, 5.74) is 0.861. The molecule has 10 heteroatoms. The van der Waals surface area contributed by atoms with Crippen molar-refractivity contribution < 1.29 is 18.7 Å². The molecule has 8 nitrogen and oxygen atoms in total. The monoisotopic (exact) mass is 388 g/mol. The Balaban J connectivity index is 1.68. The van der Waals surface area contributed by atoms with Crippen molar-refractivity contribution in [3.05, 3.63) is 65.5 Å². The zero-order valence-corrected chi connectivity index (χ0v) is 15.1. The Kier molecular flexibility index (Phi) is 5.59. The minimum atomic E-state index is -1.03. The van der Waals surface area contributed by atoms with Gasteiger partial charge < -0.3 is 15.7 Å². The first-order valence-electron chi connectivity index (χ1n) is 8.41. The molecule has 146 valence electrons. The van der Waals surface area contributed by atoms with Crippen LogP contribution in [0.15, 0.2) is 42.5 Å². The van der Waals surface area contributed by atoms with Crippen LogP contribution in [0.5, 0.6) is 0 Å². The molecule has 1 heterocycles. The van der Waals surface area contributed by atoms with Gasteiger partial charge in [0.05, 0.1) is 12.1 Å². The van der Waals surface area contributed by atoms with Gasteiger partial charge in [0.25, 0.3) is 0 Å². The number of hydrogen-bond donors (Lipinski definition) is 3. The van der Waals surface area contributed by atoms with Gasteiger partial charge in [-0.15, -0.1) is 5.10 Å². The van der Waals surface area contributed by atoms with Gasteiger partial charge in [-0.1, -0.05) is 12.1 Å². The molecule has 0 radical (unpaired) electrons. The van der Waals surface area contributed by atoms with E-state index in [1.807, 2.05) is 0 Å². The van der Waals surface area contributed by atoms with E-state index >= 15 is 0 Å². The van der Waals surface area contributed by atoms with Crippen molar-refractivity contribution in [1.29, 1.82) is 0 Å². The van der Waals surface area contributed by atoms with Gasteiger partial charge in [-0.05, 0) is 60.2 Å². The van der Waals surface area contributed by atoms with Gasteiger partial charge in [-0.2, -0.15) is 4.68 Å². The molecule has 3 N–H and O–H groups in total. The number of aromatic nitrogens is 4. The summed E-state index contributed by atoms with van der Waals surface area (Å²) in [6, 6.07) is 8.04. The standard InChI is InChI=1S/C18H18F2N6O2/c1-10(17(27)12-3-5-13(19)6-4-12)21-18(28)22-14-7-8-15(20)16(9-14)26-11(2)23-24-25-26/h3-10,17,27H,1-2H3,(H2,21,22,28). The highest BCUT2D eigenvalue weighted by molar-refractivity contribution is 5.89. The molecule has 0 fully saturated rings. The number of benzene rings is 2. The highest BCUT2D eigenvalue weighted by atomic mass is 19.1. The van der Waals surface area contributed by atoms with Gasteiger partial charge in [-0.25, -0.2) is 13.6 Å². The summed E-state index contributed by atoms with van der Waals surface area (Å²) < 4.78 is 28.3. The third-order valence-corrected chi connectivity index (χ3v) is 4.10. The Morgan fingerprint density at radius 2 is 1.89 bits per heavy atom. The van der Waals surface area contributed by atoms with Crippen molar-refractivity contribution in [2.45, 2.75) is 26.0 Å². The number of halogens is 2. The number of aliphatic hydroxyl groups excluding tert-OH is 1. The van der Waals surface area contributed by atoms with Gasteiger partial charge in [0, 0.05) is 5.69 Å². The Bertz CT molecular complexity index is 976. The highest BCUT2D eigenvalue weighted by Gasteiger charge is 2.19. The zero-order valence-electron chi connectivity index (χ0n) is 15.1. The lowest BCUT2D eigenvalue weighted by Gasteiger charge is -2.21. The van der Waals surface area contributed by atoms with Crippen LogP contribution in [0.25, 0.3) is 5.69 Å². The molecule has 0 aliphatic rings. The third-order valence-electron chi connectivity index (χ3n) is 4.10. The first kappa shape index (κ1) is 19.4. The number of aryl methyl sites for hydroxylation is 1. The Morgan fingerprint density at radius 1 is 1.18 bits per heavy atom. The summed E-state index contributed by atoms with van der Waals surface area (Å²) in [4.78, 5) is 12.2. The maximum atomic E-state index is 14.1. The largest absolute Gasteiger partial charge is 0.386 e. The molecule has 0 aliphatic heterocycles. The van der Waals surface area contributed by atoms with E-state index in [0.717, 1.165) is 0 Å². The van der Waals surface area contributed by atoms with Crippen molar-refractivity contribution in [3.8, 4) is 5.69 Å². The molecule has 28 heavy (non-hydrogen) atoms. The molecule has 0 spiro atoms. The van der Waals surface area contributed by atoms with Crippen LogP contribution < -0.4 is 10.6 Å².